The molecule has 2 rings (SSSR count). The molecule has 1 aromatic carbocycles. The summed E-state index contributed by atoms with van der Waals surface area (Å²) < 4.78 is 0. The van der Waals surface area contributed by atoms with Crippen molar-refractivity contribution in [3.8, 4) is 12.3 Å². The van der Waals surface area contributed by atoms with Gasteiger partial charge in [-0.15, -0.1) is 29.9 Å². The molecule has 0 bridgehead atoms. The van der Waals surface area contributed by atoms with E-state index in [4.69, 9.17) is 6.42 Å². The van der Waals surface area contributed by atoms with E-state index in [0.29, 0.717) is 5.92 Å². The van der Waals surface area contributed by atoms with E-state index in [1.807, 2.05) is 23.5 Å². The first-order chi connectivity index (χ1) is 8.42. The molecule has 0 amide bonds. The molecule has 0 radical (unpaired) electrons. The highest BCUT2D eigenvalue weighted by atomic mass is 32.2. The lowest BCUT2D eigenvalue weighted by atomic mass is 10.0. The van der Waals surface area contributed by atoms with Crippen LogP contribution < -0.4 is 5.32 Å². The van der Waals surface area contributed by atoms with Crippen molar-refractivity contribution in [3.63, 3.8) is 0 Å². The van der Waals surface area contributed by atoms with Gasteiger partial charge in [-0.1, -0.05) is 24.1 Å². The van der Waals surface area contributed by atoms with Gasteiger partial charge in [0.05, 0.1) is 5.75 Å². The predicted molar refractivity (Wildman–Crippen MR) is 78.9 cm³/mol. The van der Waals surface area contributed by atoms with Gasteiger partial charge in [0, 0.05) is 35.4 Å². The average molecular weight is 263 g/mol. The summed E-state index contributed by atoms with van der Waals surface area (Å²) in [5.41, 5.74) is 1.52. The van der Waals surface area contributed by atoms with E-state index in [0.717, 1.165) is 24.6 Å². The van der Waals surface area contributed by atoms with E-state index < -0.39 is 0 Å². The van der Waals surface area contributed by atoms with E-state index in [1.165, 1.54) is 16.2 Å². The van der Waals surface area contributed by atoms with Crippen LogP contribution in [0.5, 0.6) is 0 Å². The smallest absolute Gasteiger partial charge is 0.0545 e. The summed E-state index contributed by atoms with van der Waals surface area (Å²) in [6.07, 6.45) is 5.20. The molecule has 1 N–H and O–H groups in total. The summed E-state index contributed by atoms with van der Waals surface area (Å²) in [6, 6.07) is 8.75. The molecule has 0 fully saturated rings. The Hall–Kier alpha value is -0.560. The number of terminal acetylenes is 1. The Labute approximate surface area is 112 Å². The van der Waals surface area contributed by atoms with Crippen molar-refractivity contribution in [2.45, 2.75) is 10.8 Å². The number of hydrogen-bond donors (Lipinski definition) is 1. The fourth-order valence-electron chi connectivity index (χ4n) is 1.95. The van der Waals surface area contributed by atoms with E-state index >= 15 is 0 Å². The Balaban J connectivity index is 1.70. The second kappa shape index (κ2) is 7.00. The Morgan fingerprint density at radius 1 is 1.47 bits per heavy atom. The topological polar surface area (TPSA) is 12.0 Å². The summed E-state index contributed by atoms with van der Waals surface area (Å²) >= 11 is 3.79. The van der Waals surface area contributed by atoms with Crippen LogP contribution in [0.4, 0.5) is 0 Å². The molecule has 3 heteroatoms. The lowest BCUT2D eigenvalue weighted by Gasteiger charge is -2.11. The normalized spacial score (nSPS) is 17.7. The van der Waals surface area contributed by atoms with E-state index in [2.05, 4.69) is 35.5 Å². The average Bonchev–Trinajstić information content (AvgIpc) is 2.77. The largest absolute Gasteiger partial charge is 0.315 e. The molecular formula is C14H17NS2. The van der Waals surface area contributed by atoms with Crippen LogP contribution in [-0.4, -0.2) is 30.3 Å². The van der Waals surface area contributed by atoms with Crippen LogP contribution in [0.3, 0.4) is 0 Å². The first kappa shape index (κ1) is 12.9. The van der Waals surface area contributed by atoms with Crippen LogP contribution in [0.2, 0.25) is 0 Å². The third-order valence-corrected chi connectivity index (χ3v) is 4.91. The summed E-state index contributed by atoms with van der Waals surface area (Å²) in [4.78, 5) is 1.46. The Morgan fingerprint density at radius 2 is 2.35 bits per heavy atom. The zero-order valence-electron chi connectivity index (χ0n) is 9.82. The molecule has 0 saturated heterocycles. The SMILES string of the molecule is C#CCSCCNCC1CSc2ccccc21. The minimum Gasteiger partial charge on any atom is -0.315 e. The van der Waals surface area contributed by atoms with Crippen molar-refractivity contribution < 1.29 is 0 Å². The second-order valence-corrected chi connectivity index (χ2v) is 6.17. The summed E-state index contributed by atoms with van der Waals surface area (Å²) in [5, 5.41) is 3.52. The highest BCUT2D eigenvalue weighted by molar-refractivity contribution is 7.99. The third kappa shape index (κ3) is 3.70. The summed E-state index contributed by atoms with van der Waals surface area (Å²) in [6.45, 7) is 2.14. The molecule has 1 heterocycles. The molecule has 1 aliphatic rings. The lowest BCUT2D eigenvalue weighted by Crippen LogP contribution is -2.24. The van der Waals surface area contributed by atoms with Gasteiger partial charge in [-0.2, -0.15) is 0 Å². The monoisotopic (exact) mass is 263 g/mol. The Morgan fingerprint density at radius 3 is 3.24 bits per heavy atom. The summed E-state index contributed by atoms with van der Waals surface area (Å²) in [5.74, 6) is 6.46. The molecular weight excluding hydrogens is 246 g/mol. The van der Waals surface area contributed by atoms with E-state index in [-0.39, 0.29) is 0 Å². The van der Waals surface area contributed by atoms with Gasteiger partial charge in [0.1, 0.15) is 0 Å². The summed E-state index contributed by atoms with van der Waals surface area (Å²) in [7, 11) is 0. The molecule has 1 nitrogen and oxygen atoms in total. The zero-order chi connectivity index (χ0) is 11.9. The minimum atomic E-state index is 0.675. The molecule has 17 heavy (non-hydrogen) atoms. The maximum Gasteiger partial charge on any atom is 0.0545 e. The minimum absolute atomic E-state index is 0.675. The fraction of sp³-hybridized carbons (Fsp3) is 0.429. The van der Waals surface area contributed by atoms with Gasteiger partial charge in [0.2, 0.25) is 0 Å². The van der Waals surface area contributed by atoms with Gasteiger partial charge in [-0.25, -0.2) is 0 Å². The molecule has 0 aliphatic carbocycles. The van der Waals surface area contributed by atoms with Crippen LogP contribution in [0, 0.1) is 12.3 Å². The molecule has 90 valence electrons. The van der Waals surface area contributed by atoms with Crippen molar-refractivity contribution in [3.05, 3.63) is 29.8 Å². The van der Waals surface area contributed by atoms with Gasteiger partial charge in [-0.3, -0.25) is 0 Å². The first-order valence-corrected chi connectivity index (χ1v) is 7.99. The number of fused-ring (bicyclic) bond motifs is 1. The Bertz CT molecular complexity index is 397. The standard InChI is InChI=1S/C14H17NS2/c1-2-8-16-9-7-15-10-12-11-17-14-6-4-3-5-13(12)14/h1,3-6,12,15H,7-11H2. The predicted octanol–water partition coefficient (Wildman–Crippen LogP) is 2.83. The molecule has 1 unspecified atom stereocenters. The van der Waals surface area contributed by atoms with Crippen LogP contribution in [-0.2, 0) is 0 Å². The van der Waals surface area contributed by atoms with Crippen molar-refractivity contribution in [2.24, 2.45) is 0 Å². The molecule has 0 spiro atoms. The lowest BCUT2D eigenvalue weighted by molar-refractivity contribution is 0.645. The number of thioether (sulfide) groups is 2. The first-order valence-electron chi connectivity index (χ1n) is 5.85. The van der Waals surface area contributed by atoms with Gasteiger partial charge >= 0.3 is 0 Å². The van der Waals surface area contributed by atoms with Gasteiger partial charge in [0.25, 0.3) is 0 Å². The van der Waals surface area contributed by atoms with Crippen molar-refractivity contribution in [1.29, 1.82) is 0 Å². The van der Waals surface area contributed by atoms with Crippen molar-refractivity contribution >= 4 is 23.5 Å². The fourth-order valence-corrected chi connectivity index (χ4v) is 3.76. The van der Waals surface area contributed by atoms with Crippen LogP contribution in [0.15, 0.2) is 29.2 Å². The van der Waals surface area contributed by atoms with Crippen LogP contribution in [0.25, 0.3) is 0 Å². The molecule has 1 aliphatic heterocycles. The number of nitrogens with one attached hydrogen (secondary N) is 1. The maximum atomic E-state index is 5.20. The second-order valence-electron chi connectivity index (χ2n) is 4.01. The van der Waals surface area contributed by atoms with Gasteiger partial charge in [-0.05, 0) is 11.6 Å². The molecule has 0 saturated carbocycles. The highest BCUT2D eigenvalue weighted by Gasteiger charge is 2.21. The number of hydrogen-bond acceptors (Lipinski definition) is 3. The molecule has 1 atom stereocenters. The highest BCUT2D eigenvalue weighted by Crippen LogP contribution is 2.38. The van der Waals surface area contributed by atoms with Crippen LogP contribution >= 0.6 is 23.5 Å². The molecule has 1 aromatic rings. The van der Waals surface area contributed by atoms with E-state index in [1.54, 1.807) is 0 Å². The van der Waals surface area contributed by atoms with Crippen molar-refractivity contribution in [2.75, 3.05) is 30.3 Å². The third-order valence-electron chi connectivity index (χ3n) is 2.80. The quantitative estimate of drug-likeness (QED) is 0.626. The van der Waals surface area contributed by atoms with Crippen molar-refractivity contribution in [1.82, 2.24) is 5.32 Å². The van der Waals surface area contributed by atoms with Crippen LogP contribution in [0.1, 0.15) is 11.5 Å². The zero-order valence-corrected chi connectivity index (χ0v) is 11.4. The van der Waals surface area contributed by atoms with Gasteiger partial charge in [0.15, 0.2) is 0 Å². The maximum absolute atomic E-state index is 5.20. The molecule has 0 aromatic heterocycles. The number of rotatable bonds is 6. The number of benzene rings is 1. The van der Waals surface area contributed by atoms with E-state index in [9.17, 15) is 0 Å². The Kier molecular flexibility index (Phi) is 5.31. The van der Waals surface area contributed by atoms with Gasteiger partial charge < -0.3 is 5.32 Å².